The van der Waals surface area contributed by atoms with Crippen molar-refractivity contribution in [1.82, 2.24) is 9.88 Å². The SMILES string of the molecule is O=C(CC1(O)CCCCCC1)Nc1cccc2c(=O)n([C@H]3CCNC3)ccc12. The lowest BCUT2D eigenvalue weighted by Crippen LogP contribution is -2.33. The summed E-state index contributed by atoms with van der Waals surface area (Å²) in [5, 5.41) is 18.4. The lowest BCUT2D eigenvalue weighted by Gasteiger charge is -2.26. The van der Waals surface area contributed by atoms with Gasteiger partial charge in [-0.05, 0) is 44.0 Å². The van der Waals surface area contributed by atoms with E-state index >= 15 is 0 Å². The molecular formula is C22H29N3O3. The molecule has 28 heavy (non-hydrogen) atoms. The Kier molecular flexibility index (Phi) is 5.51. The van der Waals surface area contributed by atoms with E-state index in [0.29, 0.717) is 23.9 Å². The van der Waals surface area contributed by atoms with E-state index in [0.717, 1.165) is 50.6 Å². The second-order valence-electron chi connectivity index (χ2n) is 8.31. The van der Waals surface area contributed by atoms with Gasteiger partial charge >= 0.3 is 0 Å². The van der Waals surface area contributed by atoms with Crippen LogP contribution in [-0.4, -0.2) is 34.3 Å². The highest BCUT2D eigenvalue weighted by atomic mass is 16.3. The van der Waals surface area contributed by atoms with Gasteiger partial charge in [0.05, 0.1) is 18.1 Å². The fraction of sp³-hybridized carbons (Fsp3) is 0.545. The van der Waals surface area contributed by atoms with Crippen LogP contribution in [0.2, 0.25) is 0 Å². The molecule has 0 spiro atoms. The van der Waals surface area contributed by atoms with Crippen molar-refractivity contribution in [1.29, 1.82) is 0 Å². The molecule has 1 aromatic carbocycles. The van der Waals surface area contributed by atoms with Crippen molar-refractivity contribution in [2.75, 3.05) is 18.4 Å². The predicted molar refractivity (Wildman–Crippen MR) is 111 cm³/mol. The Bertz CT molecular complexity index is 907. The van der Waals surface area contributed by atoms with Crippen LogP contribution in [0, 0.1) is 0 Å². The molecule has 2 aliphatic rings. The molecule has 4 rings (SSSR count). The Labute approximate surface area is 164 Å². The summed E-state index contributed by atoms with van der Waals surface area (Å²) >= 11 is 0. The minimum atomic E-state index is -0.909. The Morgan fingerprint density at radius 2 is 1.96 bits per heavy atom. The van der Waals surface area contributed by atoms with E-state index in [1.165, 1.54) is 0 Å². The maximum atomic E-state index is 12.9. The highest BCUT2D eigenvalue weighted by Gasteiger charge is 2.30. The summed E-state index contributed by atoms with van der Waals surface area (Å²) in [6, 6.07) is 7.52. The summed E-state index contributed by atoms with van der Waals surface area (Å²) in [6.07, 6.45) is 8.41. The first-order valence-corrected chi connectivity index (χ1v) is 10.4. The molecule has 2 fully saturated rings. The second-order valence-corrected chi connectivity index (χ2v) is 8.31. The van der Waals surface area contributed by atoms with Gasteiger partial charge in [-0.1, -0.05) is 31.7 Å². The molecule has 1 atom stereocenters. The van der Waals surface area contributed by atoms with E-state index in [1.807, 2.05) is 24.4 Å². The van der Waals surface area contributed by atoms with Gasteiger partial charge in [0, 0.05) is 29.2 Å². The van der Waals surface area contributed by atoms with Gasteiger partial charge in [-0.25, -0.2) is 0 Å². The summed E-state index contributed by atoms with van der Waals surface area (Å²) < 4.78 is 1.79. The number of anilines is 1. The molecule has 1 saturated carbocycles. The van der Waals surface area contributed by atoms with Crippen LogP contribution in [0.1, 0.15) is 57.4 Å². The minimum absolute atomic E-state index is 0.0234. The molecule has 6 nitrogen and oxygen atoms in total. The molecule has 1 saturated heterocycles. The van der Waals surface area contributed by atoms with E-state index in [1.54, 1.807) is 10.6 Å². The normalized spacial score (nSPS) is 22.1. The fourth-order valence-corrected chi connectivity index (χ4v) is 4.62. The number of hydrogen-bond donors (Lipinski definition) is 3. The molecule has 1 aromatic heterocycles. The third-order valence-electron chi connectivity index (χ3n) is 6.20. The smallest absolute Gasteiger partial charge is 0.258 e. The highest BCUT2D eigenvalue weighted by Crippen LogP contribution is 2.30. The summed E-state index contributed by atoms with van der Waals surface area (Å²) in [7, 11) is 0. The van der Waals surface area contributed by atoms with Crippen LogP contribution >= 0.6 is 0 Å². The number of benzene rings is 1. The molecule has 3 N–H and O–H groups in total. The van der Waals surface area contributed by atoms with Crippen LogP contribution in [0.5, 0.6) is 0 Å². The number of nitrogens with zero attached hydrogens (tertiary/aromatic N) is 1. The van der Waals surface area contributed by atoms with Gasteiger partial charge in [0.25, 0.3) is 5.56 Å². The monoisotopic (exact) mass is 383 g/mol. The molecule has 1 aliphatic carbocycles. The van der Waals surface area contributed by atoms with Crippen LogP contribution in [0.4, 0.5) is 5.69 Å². The van der Waals surface area contributed by atoms with Gasteiger partial charge in [-0.3, -0.25) is 9.59 Å². The molecule has 1 amide bonds. The van der Waals surface area contributed by atoms with E-state index in [-0.39, 0.29) is 23.9 Å². The van der Waals surface area contributed by atoms with Gasteiger partial charge in [0.15, 0.2) is 0 Å². The standard InChI is InChI=1S/C22H29N3O3/c26-20(14-22(28)10-3-1-2-4-11-22)24-19-7-5-6-18-17(19)9-13-25(21(18)27)16-8-12-23-15-16/h5-7,9,13,16,23,28H,1-4,8,10-12,14-15H2,(H,24,26)/t16-/m0/s1. The number of aromatic nitrogens is 1. The van der Waals surface area contributed by atoms with Crippen LogP contribution < -0.4 is 16.2 Å². The molecule has 0 radical (unpaired) electrons. The summed E-state index contributed by atoms with van der Waals surface area (Å²) in [4.78, 5) is 25.6. The van der Waals surface area contributed by atoms with Crippen molar-refractivity contribution in [2.24, 2.45) is 0 Å². The quantitative estimate of drug-likeness (QED) is 0.709. The first kappa shape index (κ1) is 19.2. The summed E-state index contributed by atoms with van der Waals surface area (Å²) in [5.41, 5.74) is -0.300. The summed E-state index contributed by atoms with van der Waals surface area (Å²) in [5.74, 6) is -0.193. The first-order chi connectivity index (χ1) is 13.6. The lowest BCUT2D eigenvalue weighted by molar-refractivity contribution is -0.121. The number of aliphatic hydroxyl groups is 1. The molecule has 2 aromatic rings. The number of pyridine rings is 1. The van der Waals surface area contributed by atoms with E-state index < -0.39 is 5.60 Å². The van der Waals surface area contributed by atoms with Crippen LogP contribution in [0.25, 0.3) is 10.8 Å². The lowest BCUT2D eigenvalue weighted by atomic mass is 9.90. The molecular weight excluding hydrogens is 354 g/mol. The zero-order valence-corrected chi connectivity index (χ0v) is 16.2. The van der Waals surface area contributed by atoms with Crippen molar-refractivity contribution in [2.45, 2.75) is 63.0 Å². The highest BCUT2D eigenvalue weighted by molar-refractivity contribution is 6.02. The summed E-state index contributed by atoms with van der Waals surface area (Å²) in [6.45, 7) is 1.73. The second kappa shape index (κ2) is 8.05. The number of rotatable bonds is 4. The molecule has 0 unspecified atom stereocenters. The van der Waals surface area contributed by atoms with E-state index in [4.69, 9.17) is 0 Å². The van der Waals surface area contributed by atoms with Gasteiger partial charge in [0.1, 0.15) is 0 Å². The van der Waals surface area contributed by atoms with Gasteiger partial charge in [-0.2, -0.15) is 0 Å². The molecule has 2 heterocycles. The largest absolute Gasteiger partial charge is 0.389 e. The van der Waals surface area contributed by atoms with Crippen LogP contribution in [0.3, 0.4) is 0 Å². The van der Waals surface area contributed by atoms with Crippen molar-refractivity contribution >= 4 is 22.4 Å². The van der Waals surface area contributed by atoms with Crippen molar-refractivity contribution in [3.8, 4) is 0 Å². The zero-order valence-electron chi connectivity index (χ0n) is 16.2. The maximum absolute atomic E-state index is 12.9. The van der Waals surface area contributed by atoms with Gasteiger partial charge in [0.2, 0.25) is 5.91 Å². The average Bonchev–Trinajstić information content (AvgIpc) is 3.11. The zero-order chi connectivity index (χ0) is 19.6. The molecule has 6 heteroatoms. The maximum Gasteiger partial charge on any atom is 0.258 e. The number of nitrogens with one attached hydrogen (secondary N) is 2. The topological polar surface area (TPSA) is 83.4 Å². The van der Waals surface area contributed by atoms with Gasteiger partial charge < -0.3 is 20.3 Å². The predicted octanol–water partition coefficient (Wildman–Crippen LogP) is 2.95. The number of fused-ring (bicyclic) bond motifs is 1. The van der Waals surface area contributed by atoms with Crippen molar-refractivity contribution < 1.29 is 9.90 Å². The Morgan fingerprint density at radius 3 is 2.68 bits per heavy atom. The van der Waals surface area contributed by atoms with Gasteiger partial charge in [-0.15, -0.1) is 0 Å². The third-order valence-corrected chi connectivity index (χ3v) is 6.20. The third kappa shape index (κ3) is 3.98. The minimum Gasteiger partial charge on any atom is -0.389 e. The van der Waals surface area contributed by atoms with Crippen LogP contribution in [-0.2, 0) is 4.79 Å². The number of amides is 1. The Balaban J connectivity index is 1.56. The van der Waals surface area contributed by atoms with Crippen molar-refractivity contribution in [3.05, 3.63) is 40.8 Å². The average molecular weight is 383 g/mol. The van der Waals surface area contributed by atoms with E-state index in [9.17, 15) is 14.7 Å². The number of hydrogen-bond acceptors (Lipinski definition) is 4. The number of carbonyl (C=O) groups excluding carboxylic acids is 1. The molecule has 1 aliphatic heterocycles. The van der Waals surface area contributed by atoms with Crippen molar-refractivity contribution in [3.63, 3.8) is 0 Å². The van der Waals surface area contributed by atoms with E-state index in [2.05, 4.69) is 10.6 Å². The molecule has 150 valence electrons. The Morgan fingerprint density at radius 1 is 1.18 bits per heavy atom. The number of carbonyl (C=O) groups is 1. The molecule has 0 bridgehead atoms. The van der Waals surface area contributed by atoms with Crippen LogP contribution in [0.15, 0.2) is 35.3 Å². The Hall–Kier alpha value is -2.18. The first-order valence-electron chi connectivity index (χ1n) is 10.4. The fourth-order valence-electron chi connectivity index (χ4n) is 4.62.